The van der Waals surface area contributed by atoms with Crippen molar-refractivity contribution in [3.8, 4) is 5.69 Å². The summed E-state index contributed by atoms with van der Waals surface area (Å²) < 4.78 is 1.58. The fourth-order valence-electron chi connectivity index (χ4n) is 2.19. The lowest BCUT2D eigenvalue weighted by atomic mass is 10.2. The summed E-state index contributed by atoms with van der Waals surface area (Å²) in [5.41, 5.74) is 2.35. The fraction of sp³-hybridized carbons (Fsp3) is 0.118. The molecule has 24 heavy (non-hydrogen) atoms. The molecule has 5 nitrogen and oxygen atoms in total. The van der Waals surface area contributed by atoms with E-state index in [1.165, 1.54) is 0 Å². The average Bonchev–Trinajstić information content (AvgIpc) is 3.06. The van der Waals surface area contributed by atoms with Gasteiger partial charge in [0.2, 0.25) is 0 Å². The van der Waals surface area contributed by atoms with E-state index in [-0.39, 0.29) is 11.3 Å². The van der Waals surface area contributed by atoms with Crippen LogP contribution in [0, 0.1) is 0 Å². The van der Waals surface area contributed by atoms with Crippen molar-refractivity contribution < 1.29 is 4.79 Å². The predicted octanol–water partition coefficient (Wildman–Crippen LogP) is 4.47. The van der Waals surface area contributed by atoms with Crippen LogP contribution in [0.25, 0.3) is 5.69 Å². The highest BCUT2D eigenvalue weighted by Gasteiger charge is 2.14. The zero-order valence-corrected chi connectivity index (χ0v) is 14.3. The normalized spacial score (nSPS) is 12.0. The molecule has 0 fully saturated rings. The number of hydrogen-bond donors (Lipinski definition) is 1. The summed E-state index contributed by atoms with van der Waals surface area (Å²) in [7, 11) is 0. The summed E-state index contributed by atoms with van der Waals surface area (Å²) in [4.78, 5) is 12.5. The maximum absolute atomic E-state index is 12.5. The molecule has 7 heteroatoms. The first-order valence-electron chi connectivity index (χ1n) is 7.28. The largest absolute Gasteiger partial charge is 0.320 e. The highest BCUT2D eigenvalue weighted by molar-refractivity contribution is 6.34. The molecule has 3 rings (SSSR count). The van der Waals surface area contributed by atoms with E-state index < -0.39 is 0 Å². The minimum absolute atomic E-state index is 0.247. The molecule has 1 unspecified atom stereocenters. The van der Waals surface area contributed by atoms with E-state index >= 15 is 0 Å². The van der Waals surface area contributed by atoms with Gasteiger partial charge in [-0.2, -0.15) is 0 Å². The van der Waals surface area contributed by atoms with Crippen LogP contribution in [0.15, 0.2) is 54.7 Å². The van der Waals surface area contributed by atoms with Crippen LogP contribution in [-0.4, -0.2) is 20.9 Å². The van der Waals surface area contributed by atoms with Crippen LogP contribution in [-0.2, 0) is 0 Å². The van der Waals surface area contributed by atoms with Crippen LogP contribution < -0.4 is 5.32 Å². The molecule has 0 bridgehead atoms. The Kier molecular flexibility index (Phi) is 4.83. The predicted molar refractivity (Wildman–Crippen MR) is 95.0 cm³/mol. The first-order chi connectivity index (χ1) is 11.6. The number of nitrogens with one attached hydrogen (secondary N) is 1. The number of halogens is 2. The molecular formula is C17H14Cl2N4O. The SMILES string of the molecule is CC(Cl)c1cn(-c2ccccc2NC(=O)c2ccccc2Cl)nn1. The smallest absolute Gasteiger partial charge is 0.257 e. The molecule has 0 saturated heterocycles. The Hall–Kier alpha value is -2.37. The minimum Gasteiger partial charge on any atom is -0.320 e. The molecular weight excluding hydrogens is 347 g/mol. The Bertz CT molecular complexity index is 876. The van der Waals surface area contributed by atoms with Gasteiger partial charge >= 0.3 is 0 Å². The number of rotatable bonds is 4. The van der Waals surface area contributed by atoms with Crippen LogP contribution in [0.1, 0.15) is 28.4 Å². The van der Waals surface area contributed by atoms with Gasteiger partial charge in [0.1, 0.15) is 5.69 Å². The molecule has 0 aliphatic heterocycles. The van der Waals surface area contributed by atoms with E-state index in [2.05, 4.69) is 15.6 Å². The summed E-state index contributed by atoms with van der Waals surface area (Å²) in [6.07, 6.45) is 1.73. The number of benzene rings is 2. The van der Waals surface area contributed by atoms with Crippen molar-refractivity contribution >= 4 is 34.8 Å². The topological polar surface area (TPSA) is 59.8 Å². The number of carbonyl (C=O) groups excluding carboxylic acids is 1. The third-order valence-electron chi connectivity index (χ3n) is 3.44. The van der Waals surface area contributed by atoms with E-state index in [1.54, 1.807) is 41.2 Å². The maximum Gasteiger partial charge on any atom is 0.257 e. The average molecular weight is 361 g/mol. The quantitative estimate of drug-likeness (QED) is 0.698. The highest BCUT2D eigenvalue weighted by Crippen LogP contribution is 2.24. The summed E-state index contributed by atoms with van der Waals surface area (Å²) >= 11 is 12.1. The maximum atomic E-state index is 12.5. The Morgan fingerprint density at radius 3 is 2.58 bits per heavy atom. The summed E-state index contributed by atoms with van der Waals surface area (Å²) in [6.45, 7) is 1.82. The molecule has 1 aromatic heterocycles. The van der Waals surface area contributed by atoms with Gasteiger partial charge in [0.05, 0.1) is 33.5 Å². The van der Waals surface area contributed by atoms with Gasteiger partial charge in [-0.25, -0.2) is 4.68 Å². The summed E-state index contributed by atoms with van der Waals surface area (Å²) in [5, 5.41) is 11.1. The Labute approximate surface area is 149 Å². The Balaban J connectivity index is 1.92. The number of nitrogens with zero attached hydrogens (tertiary/aromatic N) is 3. The lowest BCUT2D eigenvalue weighted by Gasteiger charge is -2.11. The number of alkyl halides is 1. The number of carbonyl (C=O) groups is 1. The standard InChI is InChI=1S/C17H14Cl2N4O/c1-11(18)15-10-23(22-21-15)16-9-5-4-8-14(16)20-17(24)12-6-2-3-7-13(12)19/h2-11H,1H3,(H,20,24). The van der Waals surface area contributed by atoms with Gasteiger partial charge in [-0.3, -0.25) is 4.79 Å². The number of para-hydroxylation sites is 2. The summed E-state index contributed by atoms with van der Waals surface area (Å²) in [6, 6.07) is 14.2. The molecule has 3 aromatic rings. The Morgan fingerprint density at radius 1 is 1.17 bits per heavy atom. The van der Waals surface area contributed by atoms with Crippen molar-refractivity contribution in [2.24, 2.45) is 0 Å². The van der Waals surface area contributed by atoms with Crippen LogP contribution in [0.5, 0.6) is 0 Å². The molecule has 0 radical (unpaired) electrons. The zero-order valence-electron chi connectivity index (χ0n) is 12.8. The van der Waals surface area contributed by atoms with E-state index in [9.17, 15) is 4.79 Å². The van der Waals surface area contributed by atoms with Crippen molar-refractivity contribution in [3.05, 3.63) is 71.0 Å². The number of anilines is 1. The van der Waals surface area contributed by atoms with Gasteiger partial charge in [0.15, 0.2) is 0 Å². The van der Waals surface area contributed by atoms with E-state index in [0.29, 0.717) is 27.7 Å². The van der Waals surface area contributed by atoms with Crippen LogP contribution in [0.2, 0.25) is 5.02 Å². The number of hydrogen-bond acceptors (Lipinski definition) is 3. The van der Waals surface area contributed by atoms with E-state index in [4.69, 9.17) is 23.2 Å². The second kappa shape index (κ2) is 7.03. The molecule has 2 aromatic carbocycles. The van der Waals surface area contributed by atoms with E-state index in [0.717, 1.165) is 0 Å². The highest BCUT2D eigenvalue weighted by atomic mass is 35.5. The molecule has 1 atom stereocenters. The molecule has 0 spiro atoms. The van der Waals surface area contributed by atoms with Crippen LogP contribution in [0.4, 0.5) is 5.69 Å². The Morgan fingerprint density at radius 2 is 1.88 bits per heavy atom. The summed E-state index contributed by atoms with van der Waals surface area (Å²) in [5.74, 6) is -0.292. The zero-order chi connectivity index (χ0) is 17.1. The molecule has 0 aliphatic rings. The van der Waals surface area contributed by atoms with Gasteiger partial charge in [-0.1, -0.05) is 41.1 Å². The second-order valence-corrected chi connectivity index (χ2v) is 6.22. The van der Waals surface area contributed by atoms with Gasteiger partial charge in [-0.15, -0.1) is 16.7 Å². The van der Waals surface area contributed by atoms with Crippen molar-refractivity contribution in [2.45, 2.75) is 12.3 Å². The van der Waals surface area contributed by atoms with Crippen LogP contribution in [0.3, 0.4) is 0 Å². The minimum atomic E-state index is -0.292. The van der Waals surface area contributed by atoms with Crippen molar-refractivity contribution in [1.82, 2.24) is 15.0 Å². The third kappa shape index (κ3) is 3.42. The lowest BCUT2D eigenvalue weighted by molar-refractivity contribution is 0.102. The first-order valence-corrected chi connectivity index (χ1v) is 8.09. The van der Waals surface area contributed by atoms with Gasteiger partial charge < -0.3 is 5.32 Å². The first kappa shape index (κ1) is 16.5. The monoisotopic (exact) mass is 360 g/mol. The third-order valence-corrected chi connectivity index (χ3v) is 3.99. The molecule has 122 valence electrons. The molecule has 1 amide bonds. The molecule has 0 saturated carbocycles. The van der Waals surface area contributed by atoms with Gasteiger partial charge in [-0.05, 0) is 31.2 Å². The molecule has 1 N–H and O–H groups in total. The molecule has 1 heterocycles. The lowest BCUT2D eigenvalue weighted by Crippen LogP contribution is -2.14. The second-order valence-electron chi connectivity index (χ2n) is 5.16. The van der Waals surface area contributed by atoms with Gasteiger partial charge in [0, 0.05) is 0 Å². The number of amides is 1. The number of aromatic nitrogens is 3. The molecule has 0 aliphatic carbocycles. The van der Waals surface area contributed by atoms with E-state index in [1.807, 2.05) is 25.1 Å². The van der Waals surface area contributed by atoms with Crippen molar-refractivity contribution in [1.29, 1.82) is 0 Å². The van der Waals surface area contributed by atoms with Crippen molar-refractivity contribution in [2.75, 3.05) is 5.32 Å². The fourth-order valence-corrected chi connectivity index (χ4v) is 2.51. The van der Waals surface area contributed by atoms with Crippen molar-refractivity contribution in [3.63, 3.8) is 0 Å². The van der Waals surface area contributed by atoms with Gasteiger partial charge in [0.25, 0.3) is 5.91 Å². The van der Waals surface area contributed by atoms with Crippen LogP contribution >= 0.6 is 23.2 Å².